The quantitative estimate of drug-likeness (QED) is 0.737. The maximum Gasteiger partial charge on any atom is 0.259 e. The van der Waals surface area contributed by atoms with Crippen molar-refractivity contribution in [2.75, 3.05) is 17.7 Å². The summed E-state index contributed by atoms with van der Waals surface area (Å²) in [5.41, 5.74) is 1.26. The summed E-state index contributed by atoms with van der Waals surface area (Å²) in [6, 6.07) is 9.12. The van der Waals surface area contributed by atoms with Crippen LogP contribution in [0.15, 0.2) is 40.8 Å². The molecule has 0 spiro atoms. The summed E-state index contributed by atoms with van der Waals surface area (Å²) in [7, 11) is 1.54. The zero-order valence-electron chi connectivity index (χ0n) is 14.5. The number of anilines is 2. The molecular weight excluding hydrogens is 339 g/mol. The Morgan fingerprint density at radius 3 is 2.58 bits per heavy atom. The number of furan rings is 1. The van der Waals surface area contributed by atoms with Crippen LogP contribution < -0.4 is 15.4 Å². The van der Waals surface area contributed by atoms with Crippen LogP contribution in [0.4, 0.5) is 15.8 Å². The number of rotatable bonds is 4. The summed E-state index contributed by atoms with van der Waals surface area (Å²) in [4.78, 5) is 23.9. The van der Waals surface area contributed by atoms with Crippen molar-refractivity contribution in [2.24, 2.45) is 0 Å². The van der Waals surface area contributed by atoms with E-state index in [1.807, 2.05) is 0 Å². The molecule has 0 aliphatic carbocycles. The Balaban J connectivity index is 1.94. The summed E-state index contributed by atoms with van der Waals surface area (Å²) in [6.45, 7) is 2.97. The molecule has 26 heavy (non-hydrogen) atoms. The maximum atomic E-state index is 13.7. The Morgan fingerprint density at radius 1 is 1.12 bits per heavy atom. The molecule has 2 amide bonds. The lowest BCUT2D eigenvalue weighted by Gasteiger charge is -2.09. The van der Waals surface area contributed by atoms with Crippen molar-refractivity contribution in [3.8, 4) is 5.75 Å². The Bertz CT molecular complexity index is 1010. The molecule has 0 fully saturated rings. The van der Waals surface area contributed by atoms with Crippen LogP contribution in [-0.4, -0.2) is 18.9 Å². The van der Waals surface area contributed by atoms with Gasteiger partial charge in [-0.05, 0) is 43.3 Å². The summed E-state index contributed by atoms with van der Waals surface area (Å²) in [6.07, 6.45) is 0. The predicted molar refractivity (Wildman–Crippen MR) is 96.2 cm³/mol. The molecule has 0 bridgehead atoms. The summed E-state index contributed by atoms with van der Waals surface area (Å²) >= 11 is 0. The van der Waals surface area contributed by atoms with Crippen LogP contribution in [0.1, 0.15) is 23.0 Å². The summed E-state index contributed by atoms with van der Waals surface area (Å²) < 4.78 is 24.6. The Labute approximate surface area is 148 Å². The number of aryl methyl sites for hydroxylation is 1. The molecular formula is C19H17FN2O4. The fourth-order valence-electron chi connectivity index (χ4n) is 2.69. The third kappa shape index (κ3) is 3.37. The first-order valence-electron chi connectivity index (χ1n) is 7.84. The summed E-state index contributed by atoms with van der Waals surface area (Å²) in [5.74, 6) is -0.351. The van der Waals surface area contributed by atoms with Gasteiger partial charge in [0.2, 0.25) is 5.91 Å². The minimum atomic E-state index is -0.590. The minimum absolute atomic E-state index is 0.00857. The van der Waals surface area contributed by atoms with E-state index in [-0.39, 0.29) is 5.69 Å². The van der Waals surface area contributed by atoms with E-state index in [4.69, 9.17) is 9.15 Å². The van der Waals surface area contributed by atoms with E-state index in [0.717, 1.165) is 0 Å². The number of carbonyl (C=O) groups excluding carboxylic acids is 2. The van der Waals surface area contributed by atoms with Crippen molar-refractivity contribution in [1.29, 1.82) is 0 Å². The van der Waals surface area contributed by atoms with Crippen molar-refractivity contribution in [3.05, 3.63) is 53.5 Å². The van der Waals surface area contributed by atoms with E-state index >= 15 is 0 Å². The van der Waals surface area contributed by atoms with Crippen molar-refractivity contribution in [1.82, 2.24) is 0 Å². The molecule has 2 N–H and O–H groups in total. The third-order valence-electron chi connectivity index (χ3n) is 3.83. The normalized spacial score (nSPS) is 10.6. The van der Waals surface area contributed by atoms with Gasteiger partial charge in [-0.1, -0.05) is 0 Å². The molecule has 3 rings (SSSR count). The van der Waals surface area contributed by atoms with Gasteiger partial charge in [0, 0.05) is 18.0 Å². The predicted octanol–water partition coefficient (Wildman–Crippen LogP) is 4.10. The molecule has 6 nitrogen and oxygen atoms in total. The smallest absolute Gasteiger partial charge is 0.259 e. The van der Waals surface area contributed by atoms with E-state index in [1.165, 1.54) is 32.2 Å². The number of halogens is 1. The highest BCUT2D eigenvalue weighted by Crippen LogP contribution is 2.30. The topological polar surface area (TPSA) is 80.6 Å². The van der Waals surface area contributed by atoms with E-state index in [2.05, 4.69) is 10.6 Å². The molecule has 0 radical (unpaired) electrons. The number of hydrogen-bond donors (Lipinski definition) is 2. The molecule has 134 valence electrons. The average molecular weight is 356 g/mol. The van der Waals surface area contributed by atoms with Gasteiger partial charge in [-0.25, -0.2) is 4.39 Å². The molecule has 1 heterocycles. The lowest BCUT2D eigenvalue weighted by Crippen LogP contribution is -2.14. The van der Waals surface area contributed by atoms with Crippen LogP contribution >= 0.6 is 0 Å². The van der Waals surface area contributed by atoms with Gasteiger partial charge in [-0.3, -0.25) is 9.59 Å². The fourth-order valence-corrected chi connectivity index (χ4v) is 2.69. The lowest BCUT2D eigenvalue weighted by molar-refractivity contribution is -0.114. The zero-order chi connectivity index (χ0) is 18.8. The number of fused-ring (bicyclic) bond motifs is 1. The monoisotopic (exact) mass is 356 g/mol. The van der Waals surface area contributed by atoms with Crippen LogP contribution in [0, 0.1) is 12.7 Å². The SMILES string of the molecule is COc1ccc2oc(C)c(C(=O)Nc3ccc(F)c(NC(C)=O)c3)c2c1. The molecule has 0 saturated carbocycles. The number of amides is 2. The average Bonchev–Trinajstić information content (AvgIpc) is 2.92. The van der Waals surface area contributed by atoms with Crippen LogP contribution in [0.3, 0.4) is 0 Å². The molecule has 2 aromatic carbocycles. The Hall–Kier alpha value is -3.35. The highest BCUT2D eigenvalue weighted by Gasteiger charge is 2.19. The van der Waals surface area contributed by atoms with Gasteiger partial charge in [0.05, 0.1) is 18.4 Å². The highest BCUT2D eigenvalue weighted by molar-refractivity contribution is 6.13. The number of nitrogens with one attached hydrogen (secondary N) is 2. The number of ether oxygens (including phenoxy) is 1. The maximum absolute atomic E-state index is 13.7. The van der Waals surface area contributed by atoms with Gasteiger partial charge >= 0.3 is 0 Å². The first-order chi connectivity index (χ1) is 12.4. The number of carbonyl (C=O) groups is 2. The summed E-state index contributed by atoms with van der Waals surface area (Å²) in [5, 5.41) is 5.69. The van der Waals surface area contributed by atoms with Crippen LogP contribution in [-0.2, 0) is 4.79 Å². The zero-order valence-corrected chi connectivity index (χ0v) is 14.5. The molecule has 3 aromatic rings. The minimum Gasteiger partial charge on any atom is -0.497 e. The molecule has 0 aliphatic heterocycles. The lowest BCUT2D eigenvalue weighted by atomic mass is 10.1. The van der Waals surface area contributed by atoms with Crippen LogP contribution in [0.25, 0.3) is 11.0 Å². The molecule has 0 atom stereocenters. The molecule has 0 aliphatic rings. The second-order valence-corrected chi connectivity index (χ2v) is 5.73. The van der Waals surface area contributed by atoms with Gasteiger partial charge in [0.15, 0.2) is 0 Å². The van der Waals surface area contributed by atoms with E-state index in [9.17, 15) is 14.0 Å². The second-order valence-electron chi connectivity index (χ2n) is 5.73. The van der Waals surface area contributed by atoms with Gasteiger partial charge in [-0.2, -0.15) is 0 Å². The number of benzene rings is 2. The van der Waals surface area contributed by atoms with Gasteiger partial charge in [0.1, 0.15) is 22.9 Å². The third-order valence-corrected chi connectivity index (χ3v) is 3.83. The Morgan fingerprint density at radius 2 is 1.88 bits per heavy atom. The second kappa shape index (κ2) is 6.87. The number of hydrogen-bond acceptors (Lipinski definition) is 4. The van der Waals surface area contributed by atoms with Crippen molar-refractivity contribution in [3.63, 3.8) is 0 Å². The molecule has 7 heteroatoms. The van der Waals surface area contributed by atoms with E-state index < -0.39 is 17.6 Å². The molecule has 1 aromatic heterocycles. The molecule has 0 unspecified atom stereocenters. The Kier molecular flexibility index (Phi) is 4.62. The van der Waals surface area contributed by atoms with E-state index in [0.29, 0.717) is 33.7 Å². The van der Waals surface area contributed by atoms with Crippen molar-refractivity contribution < 1.29 is 23.1 Å². The van der Waals surface area contributed by atoms with Crippen molar-refractivity contribution in [2.45, 2.75) is 13.8 Å². The van der Waals surface area contributed by atoms with Gasteiger partial charge < -0.3 is 19.8 Å². The van der Waals surface area contributed by atoms with Crippen LogP contribution in [0.2, 0.25) is 0 Å². The van der Waals surface area contributed by atoms with Gasteiger partial charge in [-0.15, -0.1) is 0 Å². The van der Waals surface area contributed by atoms with Gasteiger partial charge in [0.25, 0.3) is 5.91 Å². The highest BCUT2D eigenvalue weighted by atomic mass is 19.1. The fraction of sp³-hybridized carbons (Fsp3) is 0.158. The standard InChI is InChI=1S/C19H17FN2O4/c1-10-18(14-9-13(25-3)5-7-17(14)26-10)19(24)22-12-4-6-15(20)16(8-12)21-11(2)23/h4-9H,1-3H3,(H,21,23)(H,22,24). The molecule has 0 saturated heterocycles. The number of methoxy groups -OCH3 is 1. The largest absolute Gasteiger partial charge is 0.497 e. The van der Waals surface area contributed by atoms with E-state index in [1.54, 1.807) is 25.1 Å². The first-order valence-corrected chi connectivity index (χ1v) is 7.84. The first kappa shape index (κ1) is 17.5. The van der Waals surface area contributed by atoms with Crippen LogP contribution in [0.5, 0.6) is 5.75 Å². The van der Waals surface area contributed by atoms with Crippen molar-refractivity contribution >= 4 is 34.2 Å².